The van der Waals surface area contributed by atoms with E-state index < -0.39 is 0 Å². The molecule has 0 spiro atoms. The smallest absolute Gasteiger partial charge is 0.164 e. The van der Waals surface area contributed by atoms with Crippen LogP contribution in [-0.4, -0.2) is 26.9 Å². The van der Waals surface area contributed by atoms with E-state index in [1.165, 1.54) is 22.3 Å². The molecule has 156 valence electrons. The largest absolute Gasteiger partial charge is 0.493 e. The molecule has 1 atom stereocenters. The van der Waals surface area contributed by atoms with Crippen LogP contribution in [0, 0.1) is 0 Å². The van der Waals surface area contributed by atoms with Gasteiger partial charge in [-0.3, -0.25) is 0 Å². The molecule has 0 bridgehead atoms. The molecule has 4 heteroatoms. The lowest BCUT2D eigenvalue weighted by Gasteiger charge is -2.29. The van der Waals surface area contributed by atoms with Crippen LogP contribution >= 0.6 is 0 Å². The zero-order valence-electron chi connectivity index (χ0n) is 17.7. The molecule has 0 fully saturated rings. The molecule has 1 N–H and O–H groups in total. The van der Waals surface area contributed by atoms with E-state index in [2.05, 4.69) is 59.9 Å². The first kappa shape index (κ1) is 20.3. The van der Waals surface area contributed by atoms with Crippen molar-refractivity contribution in [3.8, 4) is 17.2 Å². The zero-order valence-corrected chi connectivity index (χ0v) is 17.7. The number of methoxy groups -OCH3 is 1. The average Bonchev–Trinajstić information content (AvgIpc) is 2.80. The monoisotopic (exact) mass is 403 g/mol. The van der Waals surface area contributed by atoms with E-state index in [9.17, 15) is 0 Å². The summed E-state index contributed by atoms with van der Waals surface area (Å²) in [7, 11) is 1.69. The summed E-state index contributed by atoms with van der Waals surface area (Å²) in [4.78, 5) is 0. The molecule has 0 saturated heterocycles. The Morgan fingerprint density at radius 3 is 2.47 bits per heavy atom. The predicted octanol–water partition coefficient (Wildman–Crippen LogP) is 4.95. The Bertz CT molecular complexity index is 954. The second-order valence-corrected chi connectivity index (χ2v) is 7.39. The van der Waals surface area contributed by atoms with Gasteiger partial charge in [-0.25, -0.2) is 0 Å². The van der Waals surface area contributed by atoms with Gasteiger partial charge in [0.15, 0.2) is 11.5 Å². The van der Waals surface area contributed by atoms with Gasteiger partial charge < -0.3 is 19.5 Å². The summed E-state index contributed by atoms with van der Waals surface area (Å²) in [5.74, 6) is 2.58. The van der Waals surface area contributed by atoms with E-state index in [-0.39, 0.29) is 6.04 Å². The minimum absolute atomic E-state index is 0.136. The molecule has 0 aliphatic carbocycles. The SMILES string of the molecule is CCOc1c(OC)ccc2c1CCNC2c1ccc(OCCc2ccccc2)cc1. The van der Waals surface area contributed by atoms with Gasteiger partial charge in [0.2, 0.25) is 0 Å². The fraction of sp³-hybridized carbons (Fsp3) is 0.308. The summed E-state index contributed by atoms with van der Waals surface area (Å²) in [5.41, 5.74) is 5.00. The van der Waals surface area contributed by atoms with Crippen molar-refractivity contribution in [2.24, 2.45) is 0 Å². The first-order chi connectivity index (χ1) is 14.8. The van der Waals surface area contributed by atoms with Crippen LogP contribution in [0.2, 0.25) is 0 Å². The molecule has 30 heavy (non-hydrogen) atoms. The van der Waals surface area contributed by atoms with Gasteiger partial charge in [-0.15, -0.1) is 0 Å². The number of hydrogen-bond donors (Lipinski definition) is 1. The Morgan fingerprint density at radius 1 is 0.933 bits per heavy atom. The van der Waals surface area contributed by atoms with Gasteiger partial charge in [-0.1, -0.05) is 48.5 Å². The quantitative estimate of drug-likeness (QED) is 0.578. The topological polar surface area (TPSA) is 39.7 Å². The molecule has 1 heterocycles. The fourth-order valence-electron chi connectivity index (χ4n) is 4.05. The van der Waals surface area contributed by atoms with Crippen molar-refractivity contribution in [1.29, 1.82) is 0 Å². The third-order valence-electron chi connectivity index (χ3n) is 5.52. The van der Waals surface area contributed by atoms with Crippen molar-refractivity contribution in [3.63, 3.8) is 0 Å². The van der Waals surface area contributed by atoms with E-state index in [0.29, 0.717) is 13.2 Å². The fourth-order valence-corrected chi connectivity index (χ4v) is 4.05. The Morgan fingerprint density at radius 2 is 1.73 bits per heavy atom. The highest BCUT2D eigenvalue weighted by Gasteiger charge is 2.26. The zero-order chi connectivity index (χ0) is 20.8. The Kier molecular flexibility index (Phi) is 6.55. The summed E-state index contributed by atoms with van der Waals surface area (Å²) in [6, 6.07) is 23.1. The van der Waals surface area contributed by atoms with Crippen LogP contribution in [0.15, 0.2) is 66.7 Å². The van der Waals surface area contributed by atoms with E-state index >= 15 is 0 Å². The third-order valence-corrected chi connectivity index (χ3v) is 5.52. The van der Waals surface area contributed by atoms with Crippen molar-refractivity contribution in [3.05, 3.63) is 89.0 Å². The molecule has 1 unspecified atom stereocenters. The van der Waals surface area contributed by atoms with E-state index in [1.54, 1.807) is 7.11 Å². The van der Waals surface area contributed by atoms with Gasteiger partial charge >= 0.3 is 0 Å². The van der Waals surface area contributed by atoms with Crippen molar-refractivity contribution < 1.29 is 14.2 Å². The van der Waals surface area contributed by atoms with Crippen LogP contribution in [0.4, 0.5) is 0 Å². The van der Waals surface area contributed by atoms with Crippen molar-refractivity contribution in [1.82, 2.24) is 5.32 Å². The molecule has 4 nitrogen and oxygen atoms in total. The van der Waals surface area contributed by atoms with Gasteiger partial charge in [0.1, 0.15) is 5.75 Å². The Balaban J connectivity index is 1.48. The highest BCUT2D eigenvalue weighted by molar-refractivity contribution is 5.54. The molecule has 1 aliphatic heterocycles. The Hall–Kier alpha value is -2.98. The van der Waals surface area contributed by atoms with Crippen LogP contribution in [0.1, 0.15) is 35.2 Å². The molecule has 3 aromatic rings. The van der Waals surface area contributed by atoms with Crippen LogP contribution in [0.3, 0.4) is 0 Å². The summed E-state index contributed by atoms with van der Waals surface area (Å²) >= 11 is 0. The minimum Gasteiger partial charge on any atom is -0.493 e. The molecule has 0 radical (unpaired) electrons. The third kappa shape index (κ3) is 4.44. The van der Waals surface area contributed by atoms with Gasteiger partial charge in [-0.2, -0.15) is 0 Å². The first-order valence-corrected chi connectivity index (χ1v) is 10.6. The second kappa shape index (κ2) is 9.68. The minimum atomic E-state index is 0.136. The summed E-state index contributed by atoms with van der Waals surface area (Å²) in [6.45, 7) is 4.21. The Labute approximate surface area is 178 Å². The van der Waals surface area contributed by atoms with Crippen molar-refractivity contribution in [2.45, 2.75) is 25.8 Å². The maximum atomic E-state index is 5.95. The molecule has 0 amide bonds. The van der Waals surface area contributed by atoms with Gasteiger partial charge in [0, 0.05) is 18.5 Å². The van der Waals surface area contributed by atoms with Crippen molar-refractivity contribution >= 4 is 0 Å². The highest BCUT2D eigenvalue weighted by atomic mass is 16.5. The molecule has 3 aromatic carbocycles. The van der Waals surface area contributed by atoms with Gasteiger partial charge in [0.05, 0.1) is 26.4 Å². The predicted molar refractivity (Wildman–Crippen MR) is 120 cm³/mol. The van der Waals surface area contributed by atoms with Crippen LogP contribution in [0.25, 0.3) is 0 Å². The number of benzene rings is 3. The number of hydrogen-bond acceptors (Lipinski definition) is 4. The molecule has 1 aliphatic rings. The van der Waals surface area contributed by atoms with Gasteiger partial charge in [0.25, 0.3) is 0 Å². The molecule has 0 aromatic heterocycles. The normalized spacial score (nSPS) is 15.3. The van der Waals surface area contributed by atoms with E-state index in [1.807, 2.05) is 19.1 Å². The van der Waals surface area contributed by atoms with Crippen molar-refractivity contribution in [2.75, 3.05) is 26.9 Å². The highest BCUT2D eigenvalue weighted by Crippen LogP contribution is 2.40. The average molecular weight is 404 g/mol. The maximum Gasteiger partial charge on any atom is 0.164 e. The summed E-state index contributed by atoms with van der Waals surface area (Å²) < 4.78 is 17.4. The summed E-state index contributed by atoms with van der Waals surface area (Å²) in [6.07, 6.45) is 1.83. The second-order valence-electron chi connectivity index (χ2n) is 7.39. The van der Waals surface area contributed by atoms with Crippen LogP contribution < -0.4 is 19.5 Å². The summed E-state index contributed by atoms with van der Waals surface area (Å²) in [5, 5.41) is 3.65. The van der Waals surface area contributed by atoms with E-state index in [0.717, 1.165) is 36.6 Å². The molecule has 4 rings (SSSR count). The number of fused-ring (bicyclic) bond motifs is 1. The lowest BCUT2D eigenvalue weighted by atomic mass is 9.89. The first-order valence-electron chi connectivity index (χ1n) is 10.6. The number of nitrogens with one attached hydrogen (secondary N) is 1. The number of ether oxygens (including phenoxy) is 3. The molecular weight excluding hydrogens is 374 g/mol. The van der Waals surface area contributed by atoms with Crippen LogP contribution in [-0.2, 0) is 12.8 Å². The number of rotatable bonds is 8. The lowest BCUT2D eigenvalue weighted by molar-refractivity contribution is 0.305. The molecule has 0 saturated carbocycles. The standard InChI is InChI=1S/C26H29NO3/c1-3-29-26-23-15-17-27-25(22(23)13-14-24(26)28-2)20-9-11-21(12-10-20)30-18-16-19-7-5-4-6-8-19/h4-14,25,27H,3,15-18H2,1-2H3. The van der Waals surface area contributed by atoms with Crippen LogP contribution in [0.5, 0.6) is 17.2 Å². The van der Waals surface area contributed by atoms with Gasteiger partial charge in [-0.05, 0) is 48.2 Å². The molecular formula is C26H29NO3. The maximum absolute atomic E-state index is 5.95. The lowest BCUT2D eigenvalue weighted by Crippen LogP contribution is -2.31. The van der Waals surface area contributed by atoms with E-state index in [4.69, 9.17) is 14.2 Å².